The molecule has 0 bridgehead atoms. The summed E-state index contributed by atoms with van der Waals surface area (Å²) in [6.45, 7) is 5.58. The van der Waals surface area contributed by atoms with Crippen molar-refractivity contribution in [2.75, 3.05) is 0 Å². The van der Waals surface area contributed by atoms with E-state index in [0.29, 0.717) is 10.7 Å². The van der Waals surface area contributed by atoms with Gasteiger partial charge in [-0.3, -0.25) is 4.79 Å². The molecule has 1 saturated carbocycles. The highest BCUT2D eigenvalue weighted by Crippen LogP contribution is 2.48. The third kappa shape index (κ3) is 3.19. The zero-order valence-corrected chi connectivity index (χ0v) is 14.7. The molecule has 0 aliphatic heterocycles. The van der Waals surface area contributed by atoms with Crippen LogP contribution in [0.15, 0.2) is 24.3 Å². The van der Waals surface area contributed by atoms with Crippen LogP contribution in [0.25, 0.3) is 0 Å². The Morgan fingerprint density at radius 1 is 1.33 bits per heavy atom. The summed E-state index contributed by atoms with van der Waals surface area (Å²) >= 11 is 1.12. The number of carbonyl (C=O) groups excluding carboxylic acids is 1. The van der Waals surface area contributed by atoms with Crippen molar-refractivity contribution in [1.29, 1.82) is 0 Å². The van der Waals surface area contributed by atoms with Crippen LogP contribution in [-0.4, -0.2) is 22.0 Å². The molecule has 1 amide bonds. The second-order valence-corrected chi connectivity index (χ2v) is 7.34. The fraction of sp³-hybridized carbons (Fsp3) is 0.389. The summed E-state index contributed by atoms with van der Waals surface area (Å²) in [5.41, 5.74) is 2.95. The number of hydrogen-bond acceptors (Lipinski definition) is 4. The van der Waals surface area contributed by atoms with Gasteiger partial charge in [-0.2, -0.15) is 0 Å². The Labute approximate surface area is 144 Å². The number of carboxylic acid groups (broad SMARTS) is 1. The van der Waals surface area contributed by atoms with E-state index in [2.05, 4.69) is 29.4 Å². The van der Waals surface area contributed by atoms with Crippen molar-refractivity contribution in [3.8, 4) is 0 Å². The molecule has 6 heteroatoms. The van der Waals surface area contributed by atoms with E-state index in [9.17, 15) is 9.59 Å². The molecule has 1 aliphatic rings. The van der Waals surface area contributed by atoms with Crippen LogP contribution in [0, 0.1) is 19.8 Å². The van der Waals surface area contributed by atoms with Gasteiger partial charge in [-0.1, -0.05) is 24.3 Å². The third-order valence-corrected chi connectivity index (χ3v) is 5.78. The maximum Gasteiger partial charge on any atom is 0.347 e. The Balaban J connectivity index is 1.65. The lowest BCUT2D eigenvalue weighted by molar-refractivity contribution is -0.123. The Morgan fingerprint density at radius 3 is 2.67 bits per heavy atom. The van der Waals surface area contributed by atoms with E-state index in [1.54, 1.807) is 6.92 Å². The molecule has 2 aromatic rings. The fourth-order valence-corrected chi connectivity index (χ4v) is 3.92. The van der Waals surface area contributed by atoms with Crippen LogP contribution in [0.1, 0.15) is 56.8 Å². The highest BCUT2D eigenvalue weighted by atomic mass is 32.1. The van der Waals surface area contributed by atoms with Crippen molar-refractivity contribution in [3.63, 3.8) is 0 Å². The smallest absolute Gasteiger partial charge is 0.347 e. The summed E-state index contributed by atoms with van der Waals surface area (Å²) in [5, 5.41) is 12.7. The molecule has 1 fully saturated rings. The van der Waals surface area contributed by atoms with Crippen LogP contribution in [0.4, 0.5) is 0 Å². The van der Waals surface area contributed by atoms with Crippen LogP contribution < -0.4 is 5.32 Å². The van der Waals surface area contributed by atoms with E-state index in [4.69, 9.17) is 5.11 Å². The number of nitrogens with one attached hydrogen (secondary N) is 1. The van der Waals surface area contributed by atoms with Crippen LogP contribution in [0.3, 0.4) is 0 Å². The predicted molar refractivity (Wildman–Crippen MR) is 92.4 cm³/mol. The van der Waals surface area contributed by atoms with E-state index < -0.39 is 5.97 Å². The van der Waals surface area contributed by atoms with E-state index in [1.165, 1.54) is 11.1 Å². The van der Waals surface area contributed by atoms with Crippen LogP contribution in [0.2, 0.25) is 0 Å². The van der Waals surface area contributed by atoms with Gasteiger partial charge < -0.3 is 10.4 Å². The molecule has 1 heterocycles. The van der Waals surface area contributed by atoms with Crippen LogP contribution in [0.5, 0.6) is 0 Å². The first kappa shape index (κ1) is 16.6. The molecule has 5 nitrogen and oxygen atoms in total. The maximum atomic E-state index is 12.5. The number of carboxylic acids is 1. The second-order valence-electron chi connectivity index (χ2n) is 6.31. The van der Waals surface area contributed by atoms with Gasteiger partial charge in [-0.05, 0) is 44.2 Å². The monoisotopic (exact) mass is 344 g/mol. The lowest BCUT2D eigenvalue weighted by atomic mass is 10.0. The number of carbonyl (C=O) groups is 2. The minimum Gasteiger partial charge on any atom is -0.477 e. The highest BCUT2D eigenvalue weighted by Gasteiger charge is 2.44. The molecule has 0 saturated heterocycles. The summed E-state index contributed by atoms with van der Waals surface area (Å²) in [7, 11) is 0. The first-order valence-electron chi connectivity index (χ1n) is 7.95. The van der Waals surface area contributed by atoms with Gasteiger partial charge in [0.05, 0.1) is 11.7 Å². The molecule has 3 atom stereocenters. The number of rotatable bonds is 5. The van der Waals surface area contributed by atoms with E-state index in [-0.39, 0.29) is 28.7 Å². The second kappa shape index (κ2) is 6.36. The molecule has 2 N–H and O–H groups in total. The SMILES string of the molecule is Cc1ccccc1C1CC1C(=O)NC(C)c1nc(C)c(C(=O)O)s1. The quantitative estimate of drug-likeness (QED) is 0.871. The van der Waals surface area contributed by atoms with Gasteiger partial charge in [-0.25, -0.2) is 9.78 Å². The Morgan fingerprint density at radius 2 is 2.04 bits per heavy atom. The maximum absolute atomic E-state index is 12.5. The summed E-state index contributed by atoms with van der Waals surface area (Å²) < 4.78 is 0. The number of benzene rings is 1. The fourth-order valence-electron chi connectivity index (χ4n) is 3.01. The zero-order valence-electron chi connectivity index (χ0n) is 13.9. The lowest BCUT2D eigenvalue weighted by Crippen LogP contribution is -2.28. The Bertz CT molecular complexity index is 799. The van der Waals surface area contributed by atoms with Gasteiger partial charge in [-0.15, -0.1) is 11.3 Å². The average molecular weight is 344 g/mol. The molecule has 1 aliphatic carbocycles. The minimum absolute atomic E-state index is 0.00597. The Kier molecular flexibility index (Phi) is 4.41. The molecule has 1 aromatic heterocycles. The van der Waals surface area contributed by atoms with Crippen molar-refractivity contribution in [2.24, 2.45) is 5.92 Å². The normalized spacial score (nSPS) is 20.5. The molecular weight excluding hydrogens is 324 g/mol. The summed E-state index contributed by atoms with van der Waals surface area (Å²) in [6.07, 6.45) is 0.862. The number of amides is 1. The van der Waals surface area contributed by atoms with Crippen molar-refractivity contribution < 1.29 is 14.7 Å². The van der Waals surface area contributed by atoms with Gasteiger partial charge in [0.2, 0.25) is 5.91 Å². The van der Waals surface area contributed by atoms with Gasteiger partial charge in [0.1, 0.15) is 9.88 Å². The number of thiazole rings is 1. The molecular formula is C18H20N2O3S. The summed E-state index contributed by atoms with van der Waals surface area (Å²) in [5.74, 6) is -0.684. The van der Waals surface area contributed by atoms with Crippen LogP contribution >= 0.6 is 11.3 Å². The topological polar surface area (TPSA) is 79.3 Å². The molecule has 0 radical (unpaired) electrons. The van der Waals surface area contributed by atoms with Crippen molar-refractivity contribution in [3.05, 3.63) is 51.0 Å². The summed E-state index contributed by atoms with van der Waals surface area (Å²) in [6, 6.07) is 7.87. The van der Waals surface area contributed by atoms with Gasteiger partial charge in [0.15, 0.2) is 0 Å². The predicted octanol–water partition coefficient (Wildman–Crippen LogP) is 3.44. The number of aromatic carboxylic acids is 1. The number of nitrogens with zero attached hydrogens (tertiary/aromatic N) is 1. The highest BCUT2D eigenvalue weighted by molar-refractivity contribution is 7.13. The first-order valence-corrected chi connectivity index (χ1v) is 8.76. The first-order chi connectivity index (χ1) is 11.4. The summed E-state index contributed by atoms with van der Waals surface area (Å²) in [4.78, 5) is 28.1. The van der Waals surface area contributed by atoms with Crippen molar-refractivity contribution in [2.45, 2.75) is 39.2 Å². The van der Waals surface area contributed by atoms with Gasteiger partial charge >= 0.3 is 5.97 Å². The third-order valence-electron chi connectivity index (χ3n) is 4.45. The molecule has 126 valence electrons. The van der Waals surface area contributed by atoms with E-state index >= 15 is 0 Å². The minimum atomic E-state index is -0.975. The lowest BCUT2D eigenvalue weighted by Gasteiger charge is -2.11. The van der Waals surface area contributed by atoms with Crippen molar-refractivity contribution in [1.82, 2.24) is 10.3 Å². The van der Waals surface area contributed by atoms with E-state index in [0.717, 1.165) is 17.8 Å². The molecule has 24 heavy (non-hydrogen) atoms. The average Bonchev–Trinajstić information content (AvgIpc) is 3.22. The molecule has 3 rings (SSSR count). The molecule has 0 spiro atoms. The van der Waals surface area contributed by atoms with E-state index in [1.807, 2.05) is 19.1 Å². The number of hydrogen-bond donors (Lipinski definition) is 2. The Hall–Kier alpha value is -2.21. The van der Waals surface area contributed by atoms with Crippen LogP contribution in [-0.2, 0) is 4.79 Å². The molecule has 1 aromatic carbocycles. The van der Waals surface area contributed by atoms with Crippen molar-refractivity contribution >= 4 is 23.2 Å². The molecule has 3 unspecified atom stereocenters. The standard InChI is InChI=1S/C18H20N2O3S/c1-9-6-4-5-7-12(9)13-8-14(13)16(21)19-11(3)17-20-10(2)15(24-17)18(22)23/h4-7,11,13-14H,8H2,1-3H3,(H,19,21)(H,22,23). The van der Waals surface area contributed by atoms with Gasteiger partial charge in [0, 0.05) is 5.92 Å². The number of aryl methyl sites for hydroxylation is 2. The number of aromatic nitrogens is 1. The zero-order chi connectivity index (χ0) is 17.4. The largest absolute Gasteiger partial charge is 0.477 e. The van der Waals surface area contributed by atoms with Gasteiger partial charge in [0.25, 0.3) is 0 Å².